The van der Waals surface area contributed by atoms with Crippen LogP contribution in [0.1, 0.15) is 22.3 Å². The van der Waals surface area contributed by atoms with E-state index in [1.54, 1.807) is 37.3 Å². The quantitative estimate of drug-likeness (QED) is 0.462. The highest BCUT2D eigenvalue weighted by Gasteiger charge is 2.43. The second kappa shape index (κ2) is 7.81. The summed E-state index contributed by atoms with van der Waals surface area (Å²) in [6, 6.07) is 11.9. The van der Waals surface area contributed by atoms with Crippen LogP contribution in [-0.4, -0.2) is 24.7 Å². The van der Waals surface area contributed by atoms with Gasteiger partial charge in [0.05, 0.1) is 12.7 Å². The largest absolute Gasteiger partial charge is 0.496 e. The topological polar surface area (TPSA) is 69.7 Å². The van der Waals surface area contributed by atoms with Gasteiger partial charge in [-0.25, -0.2) is 9.98 Å². The lowest BCUT2D eigenvalue weighted by Gasteiger charge is -2.27. The van der Waals surface area contributed by atoms with Gasteiger partial charge in [-0.2, -0.15) is 17.6 Å². The molecule has 0 spiro atoms. The number of nitrogens with two attached hydrogens (primary N) is 1. The van der Waals surface area contributed by atoms with Gasteiger partial charge in [0.2, 0.25) is 5.95 Å². The zero-order valence-electron chi connectivity index (χ0n) is 17.2. The Morgan fingerprint density at radius 1 is 1.09 bits per heavy atom. The van der Waals surface area contributed by atoms with Crippen LogP contribution in [0.5, 0.6) is 5.75 Å². The van der Waals surface area contributed by atoms with Crippen molar-refractivity contribution in [1.29, 1.82) is 0 Å². The van der Waals surface area contributed by atoms with Gasteiger partial charge in [-0.05, 0) is 53.4 Å². The third-order valence-corrected chi connectivity index (χ3v) is 5.34. The van der Waals surface area contributed by atoms with Crippen molar-refractivity contribution in [2.75, 3.05) is 13.7 Å². The maximum atomic E-state index is 14.4. The Morgan fingerprint density at radius 3 is 2.50 bits per heavy atom. The van der Waals surface area contributed by atoms with E-state index in [0.29, 0.717) is 11.1 Å². The first-order valence-corrected chi connectivity index (χ1v) is 9.61. The Labute approximate surface area is 181 Å². The van der Waals surface area contributed by atoms with E-state index in [2.05, 4.69) is 9.98 Å². The van der Waals surface area contributed by atoms with Gasteiger partial charge in [-0.3, -0.25) is 0 Å². The normalized spacial score (nSPS) is 18.2. The van der Waals surface area contributed by atoms with Crippen molar-refractivity contribution in [2.24, 2.45) is 10.7 Å². The monoisotopic (exact) mass is 445 g/mol. The van der Waals surface area contributed by atoms with Gasteiger partial charge in [-0.1, -0.05) is 24.3 Å². The lowest BCUT2D eigenvalue weighted by Crippen LogP contribution is -2.28. The van der Waals surface area contributed by atoms with Crippen LogP contribution < -0.4 is 10.5 Å². The third-order valence-electron chi connectivity index (χ3n) is 5.34. The van der Waals surface area contributed by atoms with E-state index in [1.807, 2.05) is 0 Å². The third kappa shape index (κ3) is 3.74. The van der Waals surface area contributed by atoms with Gasteiger partial charge in [0.15, 0.2) is 5.54 Å². The number of pyridine rings is 1. The van der Waals surface area contributed by atoms with E-state index in [1.165, 1.54) is 25.4 Å². The molecule has 166 valence electrons. The first-order valence-electron chi connectivity index (χ1n) is 9.61. The first kappa shape index (κ1) is 21.6. The minimum Gasteiger partial charge on any atom is -0.496 e. The minimum absolute atomic E-state index is 0.111. The first-order chi connectivity index (χ1) is 15.1. The fraction of sp³-hybridized carbons (Fsp3) is 0.217. The van der Waals surface area contributed by atoms with Gasteiger partial charge in [0.25, 0.3) is 6.02 Å². The van der Waals surface area contributed by atoms with Crippen LogP contribution in [0.3, 0.4) is 0 Å². The van der Waals surface area contributed by atoms with Gasteiger partial charge in [-0.15, -0.1) is 0 Å². The van der Waals surface area contributed by atoms with Crippen molar-refractivity contribution >= 4 is 6.02 Å². The summed E-state index contributed by atoms with van der Waals surface area (Å²) in [7, 11) is 1.17. The van der Waals surface area contributed by atoms with E-state index < -0.39 is 23.2 Å². The molecule has 1 aliphatic heterocycles. The van der Waals surface area contributed by atoms with Crippen molar-refractivity contribution in [1.82, 2.24) is 4.98 Å². The molecule has 1 aromatic heterocycles. The average Bonchev–Trinajstić information content (AvgIpc) is 3.17. The highest BCUT2D eigenvalue weighted by molar-refractivity contribution is 5.76. The molecule has 2 heterocycles. The Kier molecular flexibility index (Phi) is 5.28. The van der Waals surface area contributed by atoms with Crippen LogP contribution in [0.4, 0.5) is 17.6 Å². The number of aliphatic imine (C=N–C) groups is 1. The summed E-state index contributed by atoms with van der Waals surface area (Å²) in [5.74, 6) is -0.967. The number of hydrogen-bond acceptors (Lipinski definition) is 5. The summed E-state index contributed by atoms with van der Waals surface area (Å²) in [5, 5.41) is 0. The molecule has 32 heavy (non-hydrogen) atoms. The smallest absolute Gasteiger partial charge is 0.419 e. The average molecular weight is 445 g/mol. The SMILES string of the molecule is COc1ccc(C2(c3cccc(-c4cc(C)cnc4F)c3)COC(N)=N2)cc1C(F)(F)F. The molecule has 0 radical (unpaired) electrons. The number of hydrogen-bond donors (Lipinski definition) is 1. The van der Waals surface area contributed by atoms with E-state index in [9.17, 15) is 17.6 Å². The molecule has 1 aliphatic rings. The van der Waals surface area contributed by atoms with Crippen LogP contribution in [0.2, 0.25) is 0 Å². The van der Waals surface area contributed by atoms with Crippen molar-refractivity contribution in [2.45, 2.75) is 18.6 Å². The number of aromatic nitrogens is 1. The molecule has 5 nitrogen and oxygen atoms in total. The number of benzene rings is 2. The highest BCUT2D eigenvalue weighted by Crippen LogP contribution is 2.43. The molecule has 0 amide bonds. The maximum Gasteiger partial charge on any atom is 0.419 e. The molecule has 0 aliphatic carbocycles. The summed E-state index contributed by atoms with van der Waals surface area (Å²) in [6.07, 6.45) is -3.23. The second-order valence-corrected chi connectivity index (χ2v) is 7.44. The van der Waals surface area contributed by atoms with Gasteiger partial charge in [0, 0.05) is 11.8 Å². The summed E-state index contributed by atoms with van der Waals surface area (Å²) in [5.41, 5.74) is 5.72. The molecule has 3 aromatic rings. The number of aryl methyl sites for hydroxylation is 1. The molecule has 0 saturated carbocycles. The molecule has 0 fully saturated rings. The van der Waals surface area contributed by atoms with E-state index in [0.717, 1.165) is 11.6 Å². The van der Waals surface area contributed by atoms with Crippen molar-refractivity contribution in [3.05, 3.63) is 82.9 Å². The lowest BCUT2D eigenvalue weighted by atomic mass is 9.82. The van der Waals surface area contributed by atoms with Crippen molar-refractivity contribution in [3.8, 4) is 16.9 Å². The second-order valence-electron chi connectivity index (χ2n) is 7.44. The Hall–Kier alpha value is -3.62. The highest BCUT2D eigenvalue weighted by atomic mass is 19.4. The van der Waals surface area contributed by atoms with Crippen LogP contribution in [-0.2, 0) is 16.5 Å². The fourth-order valence-electron chi connectivity index (χ4n) is 3.78. The molecule has 4 rings (SSSR count). The lowest BCUT2D eigenvalue weighted by molar-refractivity contribution is -0.138. The van der Waals surface area contributed by atoms with Crippen LogP contribution in [0, 0.1) is 12.9 Å². The number of nitrogens with zero attached hydrogens (tertiary/aromatic N) is 2. The summed E-state index contributed by atoms with van der Waals surface area (Å²) in [4.78, 5) is 8.12. The number of rotatable bonds is 4. The molecule has 1 atom stereocenters. The number of halogens is 4. The summed E-state index contributed by atoms with van der Waals surface area (Å²) in [6.45, 7) is 1.67. The molecule has 9 heteroatoms. The van der Waals surface area contributed by atoms with Gasteiger partial charge >= 0.3 is 6.18 Å². The van der Waals surface area contributed by atoms with Crippen LogP contribution in [0.25, 0.3) is 11.1 Å². The summed E-state index contributed by atoms with van der Waals surface area (Å²) < 4.78 is 65.6. The Balaban J connectivity index is 1.91. The standard InChI is InChI=1S/C23H19F4N3O2/c1-13-8-17(20(24)29-11-13)14-4-3-5-15(9-14)22(12-32-21(28)30-22)16-6-7-19(31-2)18(10-16)23(25,26)27/h3-11H,12H2,1-2H3,(H2,28,30). The summed E-state index contributed by atoms with van der Waals surface area (Å²) >= 11 is 0. The number of ether oxygens (including phenoxy) is 2. The van der Waals surface area contributed by atoms with Crippen LogP contribution >= 0.6 is 0 Å². The molecule has 0 bridgehead atoms. The molecule has 0 saturated heterocycles. The predicted molar refractivity (Wildman–Crippen MR) is 111 cm³/mol. The number of amidine groups is 1. The van der Waals surface area contributed by atoms with E-state index in [-0.39, 0.29) is 29.5 Å². The number of methoxy groups -OCH3 is 1. The fourth-order valence-corrected chi connectivity index (χ4v) is 3.78. The number of alkyl halides is 3. The van der Waals surface area contributed by atoms with Crippen LogP contribution in [0.15, 0.2) is 59.7 Å². The maximum absolute atomic E-state index is 14.4. The Morgan fingerprint density at radius 2 is 1.84 bits per heavy atom. The molecular formula is C23H19F4N3O2. The van der Waals surface area contributed by atoms with Gasteiger partial charge < -0.3 is 15.2 Å². The van der Waals surface area contributed by atoms with Crippen molar-refractivity contribution < 1.29 is 27.0 Å². The molecular weight excluding hydrogens is 426 g/mol. The molecule has 2 N–H and O–H groups in total. The zero-order valence-corrected chi connectivity index (χ0v) is 17.2. The zero-order chi connectivity index (χ0) is 23.1. The van der Waals surface area contributed by atoms with Gasteiger partial charge in [0.1, 0.15) is 12.4 Å². The Bertz CT molecular complexity index is 1210. The molecule has 2 aromatic carbocycles. The van der Waals surface area contributed by atoms with E-state index in [4.69, 9.17) is 15.2 Å². The molecule has 1 unspecified atom stereocenters. The predicted octanol–water partition coefficient (Wildman–Crippen LogP) is 4.81. The van der Waals surface area contributed by atoms with E-state index >= 15 is 0 Å². The van der Waals surface area contributed by atoms with Crippen molar-refractivity contribution in [3.63, 3.8) is 0 Å². The minimum atomic E-state index is -4.64.